The van der Waals surface area contributed by atoms with Crippen molar-refractivity contribution < 1.29 is 14.3 Å². The van der Waals surface area contributed by atoms with E-state index in [1.165, 1.54) is 22.0 Å². The molecular weight excluding hydrogens is 414 g/mol. The molecule has 1 heterocycles. The first kappa shape index (κ1) is 22.5. The zero-order chi connectivity index (χ0) is 22.4. The Morgan fingerprint density at radius 1 is 1.19 bits per heavy atom. The van der Waals surface area contributed by atoms with Crippen LogP contribution < -0.4 is 20.6 Å². The Balaban J connectivity index is 1.54. The van der Waals surface area contributed by atoms with Crippen LogP contribution in [0.4, 0.5) is 5.69 Å². The fourth-order valence-corrected chi connectivity index (χ4v) is 3.51. The van der Waals surface area contributed by atoms with Crippen LogP contribution in [-0.4, -0.2) is 33.6 Å². The lowest BCUT2D eigenvalue weighted by Crippen LogP contribution is -2.18. The lowest BCUT2D eigenvalue weighted by molar-refractivity contribution is -0.113. The summed E-state index contributed by atoms with van der Waals surface area (Å²) < 4.78 is 12.4. The quantitative estimate of drug-likeness (QED) is 0.385. The molecule has 0 saturated carbocycles. The predicted molar refractivity (Wildman–Crippen MR) is 122 cm³/mol. The summed E-state index contributed by atoms with van der Waals surface area (Å²) in [6.07, 6.45) is 0. The minimum absolute atomic E-state index is 0.129. The minimum Gasteiger partial charge on any atom is -0.495 e. The molecule has 3 N–H and O–H groups in total. The number of hydrogen-bond donors (Lipinski definition) is 2. The highest BCUT2D eigenvalue weighted by Gasteiger charge is 2.14. The average molecular weight is 442 g/mol. The molecule has 0 aliphatic rings. The molecule has 0 unspecified atom stereocenters. The van der Waals surface area contributed by atoms with Crippen LogP contribution in [0.2, 0.25) is 0 Å². The smallest absolute Gasteiger partial charge is 0.234 e. The molecule has 2 aromatic carbocycles. The van der Waals surface area contributed by atoms with Gasteiger partial charge in [0.1, 0.15) is 18.1 Å². The van der Waals surface area contributed by atoms with Crippen molar-refractivity contribution in [1.29, 1.82) is 0 Å². The third-order valence-corrected chi connectivity index (χ3v) is 5.55. The molecule has 0 atom stereocenters. The van der Waals surface area contributed by atoms with E-state index in [1.807, 2.05) is 49.4 Å². The molecular formula is C22H27N5O3S. The van der Waals surface area contributed by atoms with Crippen LogP contribution >= 0.6 is 11.8 Å². The lowest BCUT2D eigenvalue weighted by Gasteiger charge is -2.11. The molecule has 0 radical (unpaired) electrons. The molecule has 1 aromatic heterocycles. The number of amides is 1. The van der Waals surface area contributed by atoms with Crippen LogP contribution in [0.15, 0.2) is 47.6 Å². The number of nitrogen functional groups attached to an aromatic ring is 1. The highest BCUT2D eigenvalue weighted by Crippen LogP contribution is 2.26. The number of nitrogens with two attached hydrogens (primary N) is 1. The van der Waals surface area contributed by atoms with E-state index in [0.29, 0.717) is 28.3 Å². The van der Waals surface area contributed by atoms with Crippen molar-refractivity contribution in [3.8, 4) is 11.5 Å². The molecule has 164 valence electrons. The van der Waals surface area contributed by atoms with Gasteiger partial charge in [0.2, 0.25) is 11.1 Å². The third-order valence-electron chi connectivity index (χ3n) is 4.61. The molecule has 31 heavy (non-hydrogen) atoms. The highest BCUT2D eigenvalue weighted by molar-refractivity contribution is 7.99. The zero-order valence-electron chi connectivity index (χ0n) is 18.1. The number of aryl methyl sites for hydroxylation is 1. The minimum atomic E-state index is -0.194. The second-order valence-corrected chi connectivity index (χ2v) is 8.26. The Morgan fingerprint density at radius 3 is 2.61 bits per heavy atom. The zero-order valence-corrected chi connectivity index (χ0v) is 18.9. The summed E-state index contributed by atoms with van der Waals surface area (Å²) in [5.41, 5.74) is 2.89. The van der Waals surface area contributed by atoms with E-state index in [1.54, 1.807) is 7.11 Å². The van der Waals surface area contributed by atoms with Gasteiger partial charge >= 0.3 is 0 Å². The van der Waals surface area contributed by atoms with Crippen molar-refractivity contribution >= 4 is 23.4 Å². The summed E-state index contributed by atoms with van der Waals surface area (Å²) >= 11 is 1.20. The number of hydrogen-bond acceptors (Lipinski definition) is 7. The van der Waals surface area contributed by atoms with Crippen LogP contribution in [-0.2, 0) is 11.4 Å². The summed E-state index contributed by atoms with van der Waals surface area (Å²) in [6.45, 7) is 6.41. The van der Waals surface area contributed by atoms with Gasteiger partial charge in [0.25, 0.3) is 0 Å². The van der Waals surface area contributed by atoms with E-state index in [4.69, 9.17) is 15.3 Å². The number of carbonyl (C=O) groups is 1. The van der Waals surface area contributed by atoms with Crippen molar-refractivity contribution in [2.75, 3.05) is 24.0 Å². The summed E-state index contributed by atoms with van der Waals surface area (Å²) in [6, 6.07) is 13.5. The average Bonchev–Trinajstić information content (AvgIpc) is 3.10. The number of benzene rings is 2. The number of aromatic nitrogens is 3. The number of nitrogens with zero attached hydrogens (tertiary/aromatic N) is 3. The van der Waals surface area contributed by atoms with Crippen molar-refractivity contribution in [2.45, 2.75) is 38.5 Å². The normalized spacial score (nSPS) is 10.9. The Kier molecular flexibility index (Phi) is 7.41. The van der Waals surface area contributed by atoms with Crippen LogP contribution in [0, 0.1) is 6.92 Å². The SMILES string of the molecule is COc1ccc(C)cc1NC(=O)CSc1nnc(COc2ccc(C(C)C)cc2)n1N. The van der Waals surface area contributed by atoms with Gasteiger partial charge in [0.05, 0.1) is 18.6 Å². The summed E-state index contributed by atoms with van der Waals surface area (Å²) in [7, 11) is 1.56. The summed E-state index contributed by atoms with van der Waals surface area (Å²) in [4.78, 5) is 12.4. The summed E-state index contributed by atoms with van der Waals surface area (Å²) in [5, 5.41) is 11.4. The number of anilines is 1. The van der Waals surface area contributed by atoms with Crippen molar-refractivity contribution in [3.05, 3.63) is 59.4 Å². The number of rotatable bonds is 9. The van der Waals surface area contributed by atoms with E-state index >= 15 is 0 Å². The lowest BCUT2D eigenvalue weighted by atomic mass is 10.0. The highest BCUT2D eigenvalue weighted by atomic mass is 32.2. The monoisotopic (exact) mass is 441 g/mol. The van der Waals surface area contributed by atoms with E-state index in [-0.39, 0.29) is 18.3 Å². The van der Waals surface area contributed by atoms with E-state index in [0.717, 1.165) is 11.3 Å². The molecule has 0 fully saturated rings. The largest absolute Gasteiger partial charge is 0.495 e. The van der Waals surface area contributed by atoms with Gasteiger partial charge in [0, 0.05) is 0 Å². The maximum absolute atomic E-state index is 12.4. The molecule has 0 saturated heterocycles. The van der Waals surface area contributed by atoms with E-state index in [2.05, 4.69) is 29.4 Å². The van der Waals surface area contributed by atoms with Gasteiger partial charge in [0.15, 0.2) is 5.82 Å². The van der Waals surface area contributed by atoms with Gasteiger partial charge in [-0.05, 0) is 48.2 Å². The third kappa shape index (κ3) is 5.91. The van der Waals surface area contributed by atoms with Gasteiger partial charge < -0.3 is 20.6 Å². The van der Waals surface area contributed by atoms with Crippen LogP contribution in [0.25, 0.3) is 0 Å². The topological polar surface area (TPSA) is 104 Å². The van der Waals surface area contributed by atoms with Gasteiger partial charge in [-0.25, -0.2) is 4.68 Å². The maximum Gasteiger partial charge on any atom is 0.234 e. The molecule has 8 nitrogen and oxygen atoms in total. The first-order chi connectivity index (χ1) is 14.9. The van der Waals surface area contributed by atoms with Crippen LogP contribution in [0.1, 0.15) is 36.7 Å². The Hall–Kier alpha value is -3.20. The van der Waals surface area contributed by atoms with Crippen molar-refractivity contribution in [2.24, 2.45) is 0 Å². The van der Waals surface area contributed by atoms with Crippen LogP contribution in [0.5, 0.6) is 11.5 Å². The van der Waals surface area contributed by atoms with E-state index < -0.39 is 0 Å². The van der Waals surface area contributed by atoms with Crippen molar-refractivity contribution in [3.63, 3.8) is 0 Å². The number of nitrogens with one attached hydrogen (secondary N) is 1. The van der Waals surface area contributed by atoms with Gasteiger partial charge in [-0.15, -0.1) is 10.2 Å². The molecule has 3 aromatic rings. The molecule has 3 rings (SSSR count). The van der Waals surface area contributed by atoms with Gasteiger partial charge in [-0.3, -0.25) is 4.79 Å². The van der Waals surface area contributed by atoms with Crippen molar-refractivity contribution in [1.82, 2.24) is 14.9 Å². The van der Waals surface area contributed by atoms with Gasteiger partial charge in [-0.2, -0.15) is 0 Å². The number of carbonyl (C=O) groups excluding carboxylic acids is 1. The fourth-order valence-electron chi connectivity index (χ4n) is 2.84. The number of thioether (sulfide) groups is 1. The second-order valence-electron chi connectivity index (χ2n) is 7.32. The van der Waals surface area contributed by atoms with Gasteiger partial charge in [-0.1, -0.05) is 43.8 Å². The first-order valence-electron chi connectivity index (χ1n) is 9.86. The second kappa shape index (κ2) is 10.2. The maximum atomic E-state index is 12.4. The summed E-state index contributed by atoms with van der Waals surface area (Å²) in [5.74, 6) is 8.27. The molecule has 0 spiro atoms. The number of methoxy groups -OCH3 is 1. The van der Waals surface area contributed by atoms with E-state index in [9.17, 15) is 4.79 Å². The molecule has 0 aliphatic carbocycles. The van der Waals surface area contributed by atoms with Crippen LogP contribution in [0.3, 0.4) is 0 Å². The Morgan fingerprint density at radius 2 is 1.94 bits per heavy atom. The predicted octanol–water partition coefficient (Wildman–Crippen LogP) is 3.74. The first-order valence-corrected chi connectivity index (χ1v) is 10.9. The standard InChI is InChI=1S/C22H27N5O3S/c1-14(2)16-6-8-17(9-7-16)30-12-20-25-26-22(27(20)23)31-13-21(28)24-18-11-15(3)5-10-19(18)29-4/h5-11,14H,12-13,23H2,1-4H3,(H,24,28). The molecule has 0 bridgehead atoms. The fraction of sp³-hybridized carbons (Fsp3) is 0.318. The Labute approximate surface area is 186 Å². The molecule has 0 aliphatic heterocycles. The number of ether oxygens (including phenoxy) is 2. The Bertz CT molecular complexity index is 1030. The molecule has 1 amide bonds. The molecule has 9 heteroatoms.